The summed E-state index contributed by atoms with van der Waals surface area (Å²) >= 11 is 1.30. The number of aromatic nitrogens is 3. The molecule has 0 bridgehead atoms. The topological polar surface area (TPSA) is 129 Å². The highest BCUT2D eigenvalue weighted by molar-refractivity contribution is 8.01. The van der Waals surface area contributed by atoms with Crippen LogP contribution in [0.15, 0.2) is 128 Å². The molecule has 2 unspecified atom stereocenters. The minimum atomic E-state index is -3.12. The minimum absolute atomic E-state index is 0.0770. The predicted octanol–water partition coefficient (Wildman–Crippen LogP) is 8.63. The van der Waals surface area contributed by atoms with E-state index in [1.807, 2.05) is 42.5 Å². The van der Waals surface area contributed by atoms with Crippen molar-refractivity contribution in [2.24, 2.45) is 0 Å². The maximum atomic E-state index is 16.3. The highest BCUT2D eigenvalue weighted by Gasteiger charge is 2.57. The predicted molar refractivity (Wildman–Crippen MR) is 230 cm³/mol. The van der Waals surface area contributed by atoms with Crippen LogP contribution in [0, 0.1) is 28.8 Å². The van der Waals surface area contributed by atoms with Crippen molar-refractivity contribution in [1.82, 2.24) is 14.8 Å². The fraction of sp³-hybridized carbons (Fsp3) is 0.304. The van der Waals surface area contributed by atoms with Crippen molar-refractivity contribution in [3.63, 3.8) is 0 Å². The lowest BCUT2D eigenvalue weighted by Gasteiger charge is -2.49. The van der Waals surface area contributed by atoms with Gasteiger partial charge in [-0.2, -0.15) is 10.4 Å². The zero-order valence-corrected chi connectivity index (χ0v) is 36.0. The molecule has 0 spiro atoms. The van der Waals surface area contributed by atoms with Gasteiger partial charge in [0.2, 0.25) is 0 Å². The Kier molecular flexibility index (Phi) is 14.4. The number of carbonyl (C=O) groups is 1. The van der Waals surface area contributed by atoms with Crippen molar-refractivity contribution in [3.05, 3.63) is 162 Å². The quantitative estimate of drug-likeness (QED) is 0.0585. The van der Waals surface area contributed by atoms with E-state index in [4.69, 9.17) is 23.9 Å². The Hall–Kier alpha value is -5.50. The fourth-order valence-electron chi connectivity index (χ4n) is 7.85. The van der Waals surface area contributed by atoms with Gasteiger partial charge in [-0.25, -0.2) is 27.6 Å². The Morgan fingerprint density at radius 3 is 2.18 bits per heavy atom. The summed E-state index contributed by atoms with van der Waals surface area (Å²) in [6.45, 7) is 8.25. The normalized spacial score (nSPS) is 18.1. The van der Waals surface area contributed by atoms with Gasteiger partial charge in [-0.3, -0.25) is 0 Å². The number of carboxylic acid groups (broad SMARTS) is 1. The minimum Gasteiger partial charge on any atom is -0.450 e. The number of nitrogens with zero attached hydrogens (tertiary/aromatic N) is 4. The smallest absolute Gasteiger partial charge is 0.450 e. The van der Waals surface area contributed by atoms with Gasteiger partial charge in [0.05, 0.1) is 41.4 Å². The first-order valence-corrected chi connectivity index (χ1v) is 22.4. The molecule has 1 aliphatic rings. The summed E-state index contributed by atoms with van der Waals surface area (Å²) in [5, 5.41) is 25.0. The van der Waals surface area contributed by atoms with E-state index in [0.717, 1.165) is 22.5 Å². The van der Waals surface area contributed by atoms with E-state index in [1.165, 1.54) is 47.3 Å². The van der Waals surface area contributed by atoms with Crippen LogP contribution in [0.4, 0.5) is 18.0 Å². The van der Waals surface area contributed by atoms with Crippen LogP contribution in [0.2, 0.25) is 5.04 Å². The number of thioether (sulfide) groups is 1. The highest BCUT2D eigenvalue weighted by atomic mass is 32.2. The Morgan fingerprint density at radius 1 is 0.951 bits per heavy atom. The Bertz CT molecular complexity index is 2310. The molecule has 1 N–H and O–H groups in total. The number of ether oxygens (including phenoxy) is 3. The van der Waals surface area contributed by atoms with Gasteiger partial charge in [-0.05, 0) is 59.1 Å². The summed E-state index contributed by atoms with van der Waals surface area (Å²) in [4.78, 5) is 16.9. The van der Waals surface area contributed by atoms with E-state index in [9.17, 15) is 18.7 Å². The van der Waals surface area contributed by atoms with E-state index in [0.29, 0.717) is 11.6 Å². The van der Waals surface area contributed by atoms with Crippen LogP contribution >= 0.6 is 11.8 Å². The molecule has 6 rings (SSSR count). The van der Waals surface area contributed by atoms with Crippen molar-refractivity contribution in [3.8, 4) is 6.07 Å². The number of allylic oxidation sites excluding steroid dienone is 2. The number of nitriles is 1. The summed E-state index contributed by atoms with van der Waals surface area (Å²) in [5.41, 5.74) is -1.72. The van der Waals surface area contributed by atoms with Crippen molar-refractivity contribution in [2.45, 2.75) is 67.6 Å². The van der Waals surface area contributed by atoms with Crippen LogP contribution in [0.25, 0.3) is 6.08 Å². The third kappa shape index (κ3) is 10.2. The lowest BCUT2D eigenvalue weighted by atomic mass is 9.78. The molecule has 1 aromatic heterocycles. The zero-order chi connectivity index (χ0) is 43.7. The van der Waals surface area contributed by atoms with Crippen molar-refractivity contribution in [2.75, 3.05) is 19.8 Å². The Labute approximate surface area is 358 Å². The molecule has 0 radical (unpaired) electrons. The molecule has 4 aromatic carbocycles. The molecule has 0 saturated carbocycles. The van der Waals surface area contributed by atoms with Gasteiger partial charge in [0, 0.05) is 23.8 Å². The monoisotopic (exact) mass is 868 g/mol. The van der Waals surface area contributed by atoms with Crippen LogP contribution < -0.4 is 10.4 Å². The third-order valence-electron chi connectivity index (χ3n) is 10.8. The van der Waals surface area contributed by atoms with E-state index in [2.05, 4.69) is 55.1 Å². The lowest BCUT2D eigenvalue weighted by molar-refractivity contribution is -0.146. The number of rotatable bonds is 16. The molecule has 2 atom stereocenters. The van der Waals surface area contributed by atoms with Crippen LogP contribution in [0.1, 0.15) is 50.8 Å². The molecule has 61 heavy (non-hydrogen) atoms. The van der Waals surface area contributed by atoms with Gasteiger partial charge in [0.25, 0.3) is 8.32 Å². The highest BCUT2D eigenvalue weighted by Crippen LogP contribution is 2.52. The van der Waals surface area contributed by atoms with Crippen molar-refractivity contribution >= 4 is 42.7 Å². The van der Waals surface area contributed by atoms with Gasteiger partial charge in [0.15, 0.2) is 11.9 Å². The Balaban J connectivity index is 1.36. The lowest BCUT2D eigenvalue weighted by Crippen LogP contribution is -2.67. The molecule has 1 aliphatic heterocycles. The molecule has 318 valence electrons. The second-order valence-electron chi connectivity index (χ2n) is 15.8. The van der Waals surface area contributed by atoms with Gasteiger partial charge in [-0.15, -0.1) is 11.8 Å². The number of benzene rings is 4. The van der Waals surface area contributed by atoms with Crippen LogP contribution in [0.3, 0.4) is 0 Å². The second-order valence-corrected chi connectivity index (χ2v) is 21.9. The maximum absolute atomic E-state index is 16.3. The van der Waals surface area contributed by atoms with Crippen LogP contribution in [-0.4, -0.2) is 70.5 Å². The number of halogens is 3. The average Bonchev–Trinajstić information content (AvgIpc) is 3.75. The molecule has 10 nitrogen and oxygen atoms in total. The molecule has 0 aliphatic carbocycles. The first-order chi connectivity index (χ1) is 29.2. The molecular weight excluding hydrogens is 822 g/mol. The standard InChI is InChI=1S/C46H47F3N4O6SSi/c1-44(2,3)61(37-14-7-5-8-15-37,38-16-9-6-10-17-38)58-24-23-45(4,46(59-43(54)55,30-53-32-51-31-52-53)39-22-21-35(47)26-41(39)49)60-36-28-56-42(57-29-36)18-12-11-13-34-20-19-33(27-50)25-40(34)48/h5-22,25-26,31-32,36,42H,23-24,28-30H2,1-4H3,(H,54,55). The number of hydrogen-bond acceptors (Lipinski definition) is 9. The summed E-state index contributed by atoms with van der Waals surface area (Å²) < 4.78 is 70.7. The molecular formula is C46H47F3N4O6SSi. The summed E-state index contributed by atoms with van der Waals surface area (Å²) in [6.07, 6.45) is 6.81. The largest absolute Gasteiger partial charge is 0.506 e. The third-order valence-corrected chi connectivity index (χ3v) is 17.5. The SMILES string of the molecule is CC(CCO[Si](c1ccccc1)(c1ccccc1)C(C)(C)C)(SC1COC(C=CC=Cc2ccc(C#N)cc2F)OC1)C(Cn1cncn1)(OC(=O)O)c1ccc(F)cc1F. The summed E-state index contributed by atoms with van der Waals surface area (Å²) in [6, 6.07) is 29.2. The first kappa shape index (κ1) is 45.0. The van der Waals surface area contributed by atoms with Gasteiger partial charge < -0.3 is 23.7 Å². The molecule has 0 amide bonds. The summed E-state index contributed by atoms with van der Waals surface area (Å²) in [5.74, 6) is -2.38. The van der Waals surface area contributed by atoms with Gasteiger partial charge in [-0.1, -0.05) is 106 Å². The van der Waals surface area contributed by atoms with E-state index in [1.54, 1.807) is 31.2 Å². The second kappa shape index (κ2) is 19.5. The van der Waals surface area contributed by atoms with Crippen molar-refractivity contribution < 1.29 is 41.7 Å². The first-order valence-electron chi connectivity index (χ1n) is 19.6. The molecule has 2 heterocycles. The van der Waals surface area contributed by atoms with Gasteiger partial charge in [0.1, 0.15) is 30.1 Å². The van der Waals surface area contributed by atoms with E-state index in [-0.39, 0.29) is 43.9 Å². The fourth-order valence-corrected chi connectivity index (χ4v) is 14.1. The maximum Gasteiger partial charge on any atom is 0.506 e. The molecule has 1 saturated heterocycles. The average molecular weight is 869 g/mol. The van der Waals surface area contributed by atoms with Crippen molar-refractivity contribution in [1.29, 1.82) is 5.26 Å². The summed E-state index contributed by atoms with van der Waals surface area (Å²) in [7, 11) is -3.12. The zero-order valence-electron chi connectivity index (χ0n) is 34.2. The van der Waals surface area contributed by atoms with E-state index < -0.39 is 58.9 Å². The van der Waals surface area contributed by atoms with Crippen LogP contribution in [0.5, 0.6) is 0 Å². The number of hydrogen-bond donors (Lipinski definition) is 1. The Morgan fingerprint density at radius 2 is 1.62 bits per heavy atom. The van der Waals surface area contributed by atoms with Crippen LogP contribution in [-0.2, 0) is 30.8 Å². The molecule has 1 fully saturated rings. The van der Waals surface area contributed by atoms with E-state index >= 15 is 4.39 Å². The van der Waals surface area contributed by atoms with Gasteiger partial charge >= 0.3 is 6.16 Å². The molecule has 5 aromatic rings. The molecule has 15 heteroatoms.